The number of halogens is 3. The molecule has 27 heavy (non-hydrogen) atoms. The summed E-state index contributed by atoms with van der Waals surface area (Å²) < 4.78 is 0. The van der Waals surface area contributed by atoms with Crippen molar-refractivity contribution in [2.75, 3.05) is 6.54 Å². The van der Waals surface area contributed by atoms with Gasteiger partial charge in [0.15, 0.2) is 0 Å². The number of hydrogen-bond donors (Lipinski definition) is 1. The van der Waals surface area contributed by atoms with Gasteiger partial charge in [-0.1, -0.05) is 53.0 Å². The summed E-state index contributed by atoms with van der Waals surface area (Å²) in [5.41, 5.74) is 1.38. The van der Waals surface area contributed by atoms with Crippen LogP contribution in [0.4, 0.5) is 0 Å². The minimum Gasteiger partial charge on any atom is -0.355 e. The highest BCUT2D eigenvalue weighted by Gasteiger charge is 2.27. The van der Waals surface area contributed by atoms with Gasteiger partial charge >= 0.3 is 0 Å². The van der Waals surface area contributed by atoms with E-state index in [-0.39, 0.29) is 24.8 Å². The fourth-order valence-corrected chi connectivity index (χ4v) is 3.41. The SMILES string of the molecule is CCNC(=O)[C@H](C)N(Cc1c(Cl)cccc1Cl)C(=O)Cc1cccc(Cl)c1. The third-order valence-electron chi connectivity index (χ3n) is 4.15. The van der Waals surface area contributed by atoms with E-state index in [0.29, 0.717) is 27.2 Å². The van der Waals surface area contributed by atoms with Crippen molar-refractivity contribution in [3.63, 3.8) is 0 Å². The highest BCUT2D eigenvalue weighted by molar-refractivity contribution is 6.36. The number of rotatable bonds is 7. The zero-order valence-corrected chi connectivity index (χ0v) is 17.4. The molecular formula is C20H21Cl3N2O2. The van der Waals surface area contributed by atoms with Gasteiger partial charge in [0, 0.05) is 33.7 Å². The van der Waals surface area contributed by atoms with E-state index >= 15 is 0 Å². The maximum Gasteiger partial charge on any atom is 0.242 e. The van der Waals surface area contributed by atoms with Crippen molar-refractivity contribution in [1.82, 2.24) is 10.2 Å². The number of carbonyl (C=O) groups excluding carboxylic acids is 2. The molecule has 0 aliphatic carbocycles. The molecule has 0 saturated carbocycles. The normalized spacial score (nSPS) is 11.7. The smallest absolute Gasteiger partial charge is 0.242 e. The van der Waals surface area contributed by atoms with Crippen molar-refractivity contribution in [2.45, 2.75) is 32.9 Å². The topological polar surface area (TPSA) is 49.4 Å². The Morgan fingerprint density at radius 2 is 1.70 bits per heavy atom. The summed E-state index contributed by atoms with van der Waals surface area (Å²) in [5, 5.41) is 4.20. The first kappa shape index (κ1) is 21.5. The molecular weight excluding hydrogens is 407 g/mol. The zero-order valence-electron chi connectivity index (χ0n) is 15.1. The molecule has 1 N–H and O–H groups in total. The summed E-state index contributed by atoms with van der Waals surface area (Å²) >= 11 is 18.5. The lowest BCUT2D eigenvalue weighted by Crippen LogP contribution is -2.48. The van der Waals surface area contributed by atoms with E-state index in [1.165, 1.54) is 4.90 Å². The second-order valence-corrected chi connectivity index (χ2v) is 7.35. The molecule has 0 aromatic heterocycles. The highest BCUT2D eigenvalue weighted by atomic mass is 35.5. The average molecular weight is 428 g/mol. The van der Waals surface area contributed by atoms with E-state index < -0.39 is 6.04 Å². The third kappa shape index (κ3) is 5.86. The molecule has 0 unspecified atom stereocenters. The zero-order chi connectivity index (χ0) is 20.0. The van der Waals surface area contributed by atoms with E-state index in [4.69, 9.17) is 34.8 Å². The monoisotopic (exact) mass is 426 g/mol. The fraction of sp³-hybridized carbons (Fsp3) is 0.300. The first-order valence-electron chi connectivity index (χ1n) is 8.58. The molecule has 0 aliphatic heterocycles. The molecule has 0 heterocycles. The van der Waals surface area contributed by atoms with Crippen LogP contribution >= 0.6 is 34.8 Å². The number of nitrogens with one attached hydrogen (secondary N) is 1. The van der Waals surface area contributed by atoms with Gasteiger partial charge in [0.2, 0.25) is 11.8 Å². The Morgan fingerprint density at radius 3 is 2.30 bits per heavy atom. The minimum atomic E-state index is -0.677. The van der Waals surface area contributed by atoms with Gasteiger partial charge in [-0.05, 0) is 43.7 Å². The molecule has 2 aromatic carbocycles. The molecule has 0 fully saturated rings. The Morgan fingerprint density at radius 1 is 1.07 bits per heavy atom. The number of benzene rings is 2. The first-order chi connectivity index (χ1) is 12.8. The number of likely N-dealkylation sites (N-methyl/N-ethyl adjacent to an activating group) is 1. The summed E-state index contributed by atoms with van der Waals surface area (Å²) in [4.78, 5) is 26.9. The first-order valence-corrected chi connectivity index (χ1v) is 9.71. The van der Waals surface area contributed by atoms with Crippen molar-refractivity contribution in [3.05, 3.63) is 68.7 Å². The third-order valence-corrected chi connectivity index (χ3v) is 5.10. The lowest BCUT2D eigenvalue weighted by Gasteiger charge is -2.29. The molecule has 4 nitrogen and oxygen atoms in total. The van der Waals surface area contributed by atoms with Gasteiger partial charge < -0.3 is 10.2 Å². The molecule has 0 bridgehead atoms. The quantitative estimate of drug-likeness (QED) is 0.693. The molecule has 7 heteroatoms. The van der Waals surface area contributed by atoms with E-state index in [1.54, 1.807) is 43.3 Å². The molecule has 144 valence electrons. The van der Waals surface area contributed by atoms with Crippen molar-refractivity contribution >= 4 is 46.6 Å². The Kier molecular flexibility index (Phi) is 7.96. The average Bonchev–Trinajstić information content (AvgIpc) is 2.61. The van der Waals surface area contributed by atoms with Crippen LogP contribution < -0.4 is 5.32 Å². The van der Waals surface area contributed by atoms with Crippen molar-refractivity contribution < 1.29 is 9.59 Å². The van der Waals surface area contributed by atoms with E-state index in [9.17, 15) is 9.59 Å². The highest BCUT2D eigenvalue weighted by Crippen LogP contribution is 2.27. The van der Waals surface area contributed by atoms with Crippen molar-refractivity contribution in [1.29, 1.82) is 0 Å². The lowest BCUT2D eigenvalue weighted by molar-refractivity contribution is -0.140. The molecule has 2 aromatic rings. The summed E-state index contributed by atoms with van der Waals surface area (Å²) in [7, 11) is 0. The second-order valence-electron chi connectivity index (χ2n) is 6.10. The maximum absolute atomic E-state index is 13.0. The van der Waals surface area contributed by atoms with Crippen LogP contribution in [-0.4, -0.2) is 29.3 Å². The Hall–Kier alpha value is -1.75. The number of hydrogen-bond acceptors (Lipinski definition) is 2. The largest absolute Gasteiger partial charge is 0.355 e. The van der Waals surface area contributed by atoms with Gasteiger partial charge in [0.1, 0.15) is 6.04 Å². The standard InChI is InChI=1S/C20H21Cl3N2O2/c1-3-24-20(27)13(2)25(12-16-17(22)8-5-9-18(16)23)19(26)11-14-6-4-7-15(21)10-14/h4-10,13H,3,11-12H2,1-2H3,(H,24,27)/t13-/m0/s1. The molecule has 0 radical (unpaired) electrons. The van der Waals surface area contributed by atoms with Crippen molar-refractivity contribution in [2.24, 2.45) is 0 Å². The molecule has 0 spiro atoms. The van der Waals surface area contributed by atoms with E-state index in [2.05, 4.69) is 5.32 Å². The van der Waals surface area contributed by atoms with Crippen LogP contribution in [0.1, 0.15) is 25.0 Å². The predicted molar refractivity (Wildman–Crippen MR) is 110 cm³/mol. The number of nitrogens with zero attached hydrogens (tertiary/aromatic N) is 1. The fourth-order valence-electron chi connectivity index (χ4n) is 2.68. The Labute approximate surface area is 174 Å². The Balaban J connectivity index is 2.31. The van der Waals surface area contributed by atoms with E-state index in [1.807, 2.05) is 13.0 Å². The van der Waals surface area contributed by atoms with Gasteiger partial charge in [-0.15, -0.1) is 0 Å². The summed E-state index contributed by atoms with van der Waals surface area (Å²) in [6.45, 7) is 4.13. The number of carbonyl (C=O) groups is 2. The van der Waals surface area contributed by atoms with Crippen LogP contribution in [0.3, 0.4) is 0 Å². The van der Waals surface area contributed by atoms with Crippen LogP contribution in [0.2, 0.25) is 15.1 Å². The predicted octanol–water partition coefficient (Wildman–Crippen LogP) is 4.74. The van der Waals surface area contributed by atoms with Gasteiger partial charge in [-0.25, -0.2) is 0 Å². The lowest BCUT2D eigenvalue weighted by atomic mass is 10.1. The van der Waals surface area contributed by atoms with Gasteiger partial charge in [-0.2, -0.15) is 0 Å². The van der Waals surface area contributed by atoms with Gasteiger partial charge in [0.05, 0.1) is 6.42 Å². The minimum absolute atomic E-state index is 0.117. The molecule has 0 saturated heterocycles. The summed E-state index contributed by atoms with van der Waals surface area (Å²) in [6.07, 6.45) is 0.117. The molecule has 0 aliphatic rings. The van der Waals surface area contributed by atoms with Crippen LogP contribution in [0.5, 0.6) is 0 Å². The second kappa shape index (κ2) is 9.98. The number of amides is 2. The van der Waals surface area contributed by atoms with Crippen molar-refractivity contribution in [3.8, 4) is 0 Å². The maximum atomic E-state index is 13.0. The van der Waals surface area contributed by atoms with Crippen LogP contribution in [-0.2, 0) is 22.6 Å². The molecule has 2 amide bonds. The summed E-state index contributed by atoms with van der Waals surface area (Å²) in [6, 6.07) is 11.6. The molecule has 2 rings (SSSR count). The van der Waals surface area contributed by atoms with Gasteiger partial charge in [-0.3, -0.25) is 9.59 Å². The van der Waals surface area contributed by atoms with Crippen LogP contribution in [0.25, 0.3) is 0 Å². The van der Waals surface area contributed by atoms with Crippen LogP contribution in [0, 0.1) is 0 Å². The molecule has 1 atom stereocenters. The van der Waals surface area contributed by atoms with Gasteiger partial charge in [0.25, 0.3) is 0 Å². The van der Waals surface area contributed by atoms with Crippen LogP contribution in [0.15, 0.2) is 42.5 Å². The van der Waals surface area contributed by atoms with E-state index in [0.717, 1.165) is 5.56 Å². The Bertz CT molecular complexity index is 806. The summed E-state index contributed by atoms with van der Waals surface area (Å²) in [5.74, 6) is -0.452.